The molecule has 2 N–H and O–H groups in total. The van der Waals surface area contributed by atoms with Gasteiger partial charge in [-0.05, 0) is 30.0 Å². The molecule has 0 bridgehead atoms. The van der Waals surface area contributed by atoms with E-state index < -0.39 is 5.97 Å². The quantitative estimate of drug-likeness (QED) is 0.898. The largest absolute Gasteiger partial charge is 0.478 e. The number of rotatable bonds is 4. The molecule has 0 aromatic carbocycles. The van der Waals surface area contributed by atoms with Crippen LogP contribution >= 0.6 is 11.3 Å². The highest BCUT2D eigenvalue weighted by molar-refractivity contribution is 7.14. The third-order valence-electron chi connectivity index (χ3n) is 2.59. The number of carboxylic acids is 1. The van der Waals surface area contributed by atoms with Crippen LogP contribution in [-0.4, -0.2) is 22.0 Å². The summed E-state index contributed by atoms with van der Waals surface area (Å²) in [6.07, 6.45) is 1.76. The summed E-state index contributed by atoms with van der Waals surface area (Å²) >= 11 is 1.19. The maximum atomic E-state index is 11.9. The van der Waals surface area contributed by atoms with E-state index >= 15 is 0 Å². The zero-order chi connectivity index (χ0) is 13.8. The predicted molar refractivity (Wildman–Crippen MR) is 72.6 cm³/mol. The Labute approximate surface area is 113 Å². The minimum atomic E-state index is -1.05. The van der Waals surface area contributed by atoms with Crippen LogP contribution < -0.4 is 5.32 Å². The molecule has 2 rings (SSSR count). The fourth-order valence-corrected chi connectivity index (χ4v) is 2.40. The molecule has 5 nitrogen and oxygen atoms in total. The first kappa shape index (κ1) is 13.2. The lowest BCUT2D eigenvalue weighted by atomic mass is 10.1. The van der Waals surface area contributed by atoms with Gasteiger partial charge in [-0.2, -0.15) is 0 Å². The predicted octanol–water partition coefficient (Wildman–Crippen LogP) is 2.33. The minimum absolute atomic E-state index is 0.107. The second kappa shape index (κ2) is 5.62. The van der Waals surface area contributed by atoms with Crippen molar-refractivity contribution in [1.82, 2.24) is 4.98 Å². The van der Waals surface area contributed by atoms with E-state index in [1.165, 1.54) is 17.4 Å². The van der Waals surface area contributed by atoms with Crippen LogP contribution in [0, 0.1) is 6.92 Å². The zero-order valence-corrected chi connectivity index (χ0v) is 11.0. The van der Waals surface area contributed by atoms with E-state index in [-0.39, 0.29) is 17.9 Å². The summed E-state index contributed by atoms with van der Waals surface area (Å²) in [4.78, 5) is 26.9. The topological polar surface area (TPSA) is 79.3 Å². The molecule has 19 heavy (non-hydrogen) atoms. The number of hydrogen-bond donors (Lipinski definition) is 2. The average Bonchev–Trinajstić information content (AvgIpc) is 2.80. The fraction of sp³-hybridized carbons (Fsp3) is 0.154. The van der Waals surface area contributed by atoms with Crippen LogP contribution in [0.1, 0.15) is 21.6 Å². The number of aryl methyl sites for hydroxylation is 1. The summed E-state index contributed by atoms with van der Waals surface area (Å²) in [6.45, 7) is 1.88. The Morgan fingerprint density at radius 2 is 2.21 bits per heavy atom. The normalized spacial score (nSPS) is 10.2. The van der Waals surface area contributed by atoms with E-state index in [1.54, 1.807) is 17.6 Å². The molecule has 0 spiro atoms. The molecule has 0 aliphatic rings. The van der Waals surface area contributed by atoms with Gasteiger partial charge in [0.05, 0.1) is 17.7 Å². The summed E-state index contributed by atoms with van der Waals surface area (Å²) in [6, 6.07) is 5.15. The van der Waals surface area contributed by atoms with E-state index in [2.05, 4.69) is 10.3 Å². The number of pyridine rings is 1. The van der Waals surface area contributed by atoms with Crippen molar-refractivity contribution in [3.05, 3.63) is 46.6 Å². The average molecular weight is 276 g/mol. The fourth-order valence-electron chi connectivity index (χ4n) is 1.60. The van der Waals surface area contributed by atoms with Crippen molar-refractivity contribution in [2.75, 3.05) is 5.32 Å². The van der Waals surface area contributed by atoms with Gasteiger partial charge in [0.2, 0.25) is 5.91 Å². The molecule has 0 saturated heterocycles. The van der Waals surface area contributed by atoms with Crippen LogP contribution in [0.5, 0.6) is 0 Å². The molecule has 0 fully saturated rings. The molecule has 6 heteroatoms. The number of carbonyl (C=O) groups is 2. The number of nitrogens with one attached hydrogen (secondary N) is 1. The molecule has 0 atom stereocenters. The van der Waals surface area contributed by atoms with Crippen LogP contribution in [0.2, 0.25) is 0 Å². The van der Waals surface area contributed by atoms with Gasteiger partial charge in [-0.3, -0.25) is 9.78 Å². The lowest BCUT2D eigenvalue weighted by molar-refractivity contribution is -0.115. The molecule has 0 aliphatic heterocycles. The molecule has 2 aromatic rings. The maximum absolute atomic E-state index is 11.9. The summed E-state index contributed by atoms with van der Waals surface area (Å²) in [5.74, 6) is -1.32. The number of hydrogen-bond acceptors (Lipinski definition) is 4. The van der Waals surface area contributed by atoms with Crippen molar-refractivity contribution in [3.8, 4) is 0 Å². The number of aromatic carboxylic acids is 1. The molecular weight excluding hydrogens is 264 g/mol. The summed E-state index contributed by atoms with van der Waals surface area (Å²) < 4.78 is 0. The Bertz CT molecular complexity index is 622. The number of thiophene rings is 1. The molecule has 0 saturated carbocycles. The van der Waals surface area contributed by atoms with Crippen molar-refractivity contribution in [3.63, 3.8) is 0 Å². The third-order valence-corrected chi connectivity index (χ3v) is 3.42. The second-order valence-electron chi connectivity index (χ2n) is 3.96. The first-order chi connectivity index (χ1) is 9.08. The van der Waals surface area contributed by atoms with Gasteiger partial charge in [-0.15, -0.1) is 11.3 Å². The second-order valence-corrected chi connectivity index (χ2v) is 4.88. The molecule has 0 radical (unpaired) electrons. The van der Waals surface area contributed by atoms with Crippen LogP contribution in [0.25, 0.3) is 0 Å². The van der Waals surface area contributed by atoms with Crippen LogP contribution in [-0.2, 0) is 11.2 Å². The maximum Gasteiger partial charge on any atom is 0.338 e. The van der Waals surface area contributed by atoms with Gasteiger partial charge in [0.15, 0.2) is 0 Å². The Morgan fingerprint density at radius 3 is 2.89 bits per heavy atom. The van der Waals surface area contributed by atoms with E-state index in [9.17, 15) is 9.59 Å². The summed E-state index contributed by atoms with van der Waals surface area (Å²) in [5, 5.41) is 13.5. The Hall–Kier alpha value is -2.21. The minimum Gasteiger partial charge on any atom is -0.478 e. The number of amides is 1. The first-order valence-corrected chi connectivity index (χ1v) is 6.47. The van der Waals surface area contributed by atoms with Gasteiger partial charge in [0, 0.05) is 6.20 Å². The highest BCUT2D eigenvalue weighted by Crippen LogP contribution is 2.23. The lowest BCUT2D eigenvalue weighted by Crippen LogP contribution is -2.16. The van der Waals surface area contributed by atoms with Gasteiger partial charge in [-0.1, -0.05) is 6.07 Å². The van der Waals surface area contributed by atoms with E-state index in [1.807, 2.05) is 13.0 Å². The Balaban J connectivity index is 2.08. The lowest BCUT2D eigenvalue weighted by Gasteiger charge is -2.05. The van der Waals surface area contributed by atoms with Crippen molar-refractivity contribution in [2.45, 2.75) is 13.3 Å². The molecule has 1 amide bonds. The monoisotopic (exact) mass is 276 g/mol. The van der Waals surface area contributed by atoms with Crippen molar-refractivity contribution < 1.29 is 14.7 Å². The van der Waals surface area contributed by atoms with Crippen LogP contribution in [0.4, 0.5) is 5.00 Å². The van der Waals surface area contributed by atoms with Crippen molar-refractivity contribution >= 4 is 28.2 Å². The summed E-state index contributed by atoms with van der Waals surface area (Å²) in [7, 11) is 0. The summed E-state index contributed by atoms with van der Waals surface area (Å²) in [5.41, 5.74) is 1.73. The van der Waals surface area contributed by atoms with Gasteiger partial charge in [0.25, 0.3) is 0 Å². The molecule has 2 heterocycles. The highest BCUT2D eigenvalue weighted by atomic mass is 32.1. The molecule has 0 aliphatic carbocycles. The Kier molecular flexibility index (Phi) is 3.91. The van der Waals surface area contributed by atoms with E-state index in [4.69, 9.17) is 5.11 Å². The van der Waals surface area contributed by atoms with Crippen LogP contribution in [0.15, 0.2) is 29.8 Å². The van der Waals surface area contributed by atoms with E-state index in [0.29, 0.717) is 10.7 Å². The molecule has 2 aromatic heterocycles. The molecule has 98 valence electrons. The number of nitrogens with zero attached hydrogens (tertiary/aromatic N) is 1. The SMILES string of the molecule is Cc1cccnc1CC(=O)Nc1sccc1C(=O)O. The number of carbonyl (C=O) groups excluding carboxylic acids is 1. The molecular formula is C13H12N2O3S. The van der Waals surface area contributed by atoms with Crippen molar-refractivity contribution in [2.24, 2.45) is 0 Å². The molecule has 0 unspecified atom stereocenters. The Morgan fingerprint density at radius 1 is 1.42 bits per heavy atom. The highest BCUT2D eigenvalue weighted by Gasteiger charge is 2.14. The number of anilines is 1. The smallest absolute Gasteiger partial charge is 0.338 e. The number of carboxylic acid groups (broad SMARTS) is 1. The van der Waals surface area contributed by atoms with Crippen molar-refractivity contribution in [1.29, 1.82) is 0 Å². The zero-order valence-electron chi connectivity index (χ0n) is 10.2. The standard InChI is InChI=1S/C13H12N2O3S/c1-8-3-2-5-14-10(8)7-11(16)15-12-9(13(17)18)4-6-19-12/h2-6H,7H2,1H3,(H,15,16)(H,17,18). The number of aromatic nitrogens is 1. The van der Waals surface area contributed by atoms with Gasteiger partial charge in [0.1, 0.15) is 5.00 Å². The van der Waals surface area contributed by atoms with E-state index in [0.717, 1.165) is 5.56 Å². The van der Waals surface area contributed by atoms with Gasteiger partial charge < -0.3 is 10.4 Å². The first-order valence-electron chi connectivity index (χ1n) is 5.59. The van der Waals surface area contributed by atoms with Gasteiger partial charge in [-0.25, -0.2) is 4.79 Å². The van der Waals surface area contributed by atoms with Gasteiger partial charge >= 0.3 is 5.97 Å². The third kappa shape index (κ3) is 3.17. The van der Waals surface area contributed by atoms with Crippen LogP contribution in [0.3, 0.4) is 0 Å².